The second-order valence-electron chi connectivity index (χ2n) is 5.26. The molecule has 0 aliphatic carbocycles. The van der Waals surface area contributed by atoms with Crippen molar-refractivity contribution >= 4 is 10.0 Å². The molecule has 0 aliphatic heterocycles. The monoisotopic (exact) mass is 299 g/mol. The Morgan fingerprint density at radius 1 is 1.05 bits per heavy atom. The lowest BCUT2D eigenvalue weighted by Gasteiger charge is -2.09. The van der Waals surface area contributed by atoms with E-state index in [0.717, 1.165) is 31.2 Å². The number of aliphatic hydroxyl groups excluding tert-OH is 1. The quantitative estimate of drug-likeness (QED) is 0.689. The van der Waals surface area contributed by atoms with Crippen molar-refractivity contribution in [1.29, 1.82) is 0 Å². The summed E-state index contributed by atoms with van der Waals surface area (Å²) in [5.74, 6) is 0.395. The van der Waals surface area contributed by atoms with Gasteiger partial charge in [0.25, 0.3) is 0 Å². The summed E-state index contributed by atoms with van der Waals surface area (Å²) in [4.78, 5) is 0.317. The molecule has 0 amide bonds. The highest BCUT2D eigenvalue weighted by Crippen LogP contribution is 2.17. The van der Waals surface area contributed by atoms with Gasteiger partial charge < -0.3 is 5.11 Å². The van der Waals surface area contributed by atoms with Crippen LogP contribution in [0.5, 0.6) is 0 Å². The van der Waals surface area contributed by atoms with Crippen LogP contribution in [0, 0.1) is 0 Å². The molecule has 0 spiro atoms. The zero-order chi connectivity index (χ0) is 15.0. The summed E-state index contributed by atoms with van der Waals surface area (Å²) in [5.41, 5.74) is 1.13. The first-order valence-corrected chi connectivity index (χ1v) is 8.66. The van der Waals surface area contributed by atoms with E-state index < -0.39 is 10.0 Å². The van der Waals surface area contributed by atoms with Crippen molar-refractivity contribution in [2.24, 2.45) is 0 Å². The lowest BCUT2D eigenvalue weighted by atomic mass is 10.0. The van der Waals surface area contributed by atoms with E-state index in [9.17, 15) is 8.42 Å². The molecule has 0 fully saturated rings. The zero-order valence-electron chi connectivity index (χ0n) is 12.3. The topological polar surface area (TPSA) is 66.4 Å². The summed E-state index contributed by atoms with van der Waals surface area (Å²) >= 11 is 0. The van der Waals surface area contributed by atoms with Crippen LogP contribution in [0.2, 0.25) is 0 Å². The first kappa shape index (κ1) is 17.1. The minimum absolute atomic E-state index is 0.202. The zero-order valence-corrected chi connectivity index (χ0v) is 13.1. The highest BCUT2D eigenvalue weighted by Gasteiger charge is 2.13. The molecule has 0 aromatic heterocycles. The maximum atomic E-state index is 12.1. The molecule has 1 aromatic rings. The molecule has 0 saturated heterocycles. The van der Waals surface area contributed by atoms with Crippen molar-refractivity contribution in [3.05, 3.63) is 29.8 Å². The maximum Gasteiger partial charge on any atom is 0.240 e. The van der Waals surface area contributed by atoms with E-state index in [0.29, 0.717) is 17.4 Å². The average molecular weight is 299 g/mol. The molecule has 1 rings (SSSR count). The van der Waals surface area contributed by atoms with Gasteiger partial charge in [0.2, 0.25) is 10.0 Å². The molecule has 0 radical (unpaired) electrons. The number of hydrogen-bond acceptors (Lipinski definition) is 3. The van der Waals surface area contributed by atoms with Crippen molar-refractivity contribution in [2.75, 3.05) is 13.2 Å². The standard InChI is InChI=1S/C15H25NO3S/c1-13(2)14-7-9-15(10-8-14)20(18,19)16-11-5-3-4-6-12-17/h7-10,13,16-17H,3-6,11-12H2,1-2H3. The van der Waals surface area contributed by atoms with Gasteiger partial charge in [-0.3, -0.25) is 0 Å². The molecule has 0 bridgehead atoms. The predicted octanol–water partition coefficient (Wildman–Crippen LogP) is 2.64. The van der Waals surface area contributed by atoms with Gasteiger partial charge in [0, 0.05) is 13.2 Å². The van der Waals surface area contributed by atoms with Crippen LogP contribution in [0.4, 0.5) is 0 Å². The smallest absolute Gasteiger partial charge is 0.240 e. The molecule has 0 atom stereocenters. The number of sulfonamides is 1. The third-order valence-electron chi connectivity index (χ3n) is 3.23. The van der Waals surface area contributed by atoms with Crippen LogP contribution in [0.1, 0.15) is 51.0 Å². The van der Waals surface area contributed by atoms with E-state index in [4.69, 9.17) is 5.11 Å². The van der Waals surface area contributed by atoms with Crippen LogP contribution in [0.15, 0.2) is 29.2 Å². The van der Waals surface area contributed by atoms with Gasteiger partial charge in [-0.05, 0) is 36.5 Å². The van der Waals surface area contributed by atoms with E-state index in [-0.39, 0.29) is 6.61 Å². The molecule has 0 unspecified atom stereocenters. The van der Waals surface area contributed by atoms with Gasteiger partial charge in [0.1, 0.15) is 0 Å². The fourth-order valence-corrected chi connectivity index (χ4v) is 2.99. The molecule has 0 saturated carbocycles. The Hall–Kier alpha value is -0.910. The molecule has 4 nitrogen and oxygen atoms in total. The van der Waals surface area contributed by atoms with Gasteiger partial charge in [-0.1, -0.05) is 38.8 Å². The molecule has 20 heavy (non-hydrogen) atoms. The first-order valence-electron chi connectivity index (χ1n) is 7.18. The Bertz CT molecular complexity index is 480. The van der Waals surface area contributed by atoms with Crippen molar-refractivity contribution in [1.82, 2.24) is 4.72 Å². The Balaban J connectivity index is 2.47. The van der Waals surface area contributed by atoms with Crippen LogP contribution >= 0.6 is 0 Å². The molecular formula is C15H25NO3S. The molecule has 114 valence electrons. The van der Waals surface area contributed by atoms with Crippen molar-refractivity contribution in [2.45, 2.75) is 50.3 Å². The van der Waals surface area contributed by atoms with Gasteiger partial charge in [-0.2, -0.15) is 0 Å². The van der Waals surface area contributed by atoms with Crippen LogP contribution in [-0.4, -0.2) is 26.7 Å². The van der Waals surface area contributed by atoms with Gasteiger partial charge >= 0.3 is 0 Å². The summed E-state index contributed by atoms with van der Waals surface area (Å²) in [5, 5.41) is 8.65. The molecule has 0 heterocycles. The summed E-state index contributed by atoms with van der Waals surface area (Å²) in [7, 11) is -3.39. The maximum absolute atomic E-state index is 12.1. The lowest BCUT2D eigenvalue weighted by molar-refractivity contribution is 0.282. The summed E-state index contributed by atoms with van der Waals surface area (Å²) in [6.45, 7) is 4.80. The van der Waals surface area contributed by atoms with E-state index >= 15 is 0 Å². The molecule has 5 heteroatoms. The Morgan fingerprint density at radius 2 is 1.65 bits per heavy atom. The van der Waals surface area contributed by atoms with Gasteiger partial charge in [-0.15, -0.1) is 0 Å². The lowest BCUT2D eigenvalue weighted by Crippen LogP contribution is -2.24. The number of aliphatic hydroxyl groups is 1. The highest BCUT2D eigenvalue weighted by molar-refractivity contribution is 7.89. The van der Waals surface area contributed by atoms with Gasteiger partial charge in [0.05, 0.1) is 4.90 Å². The second-order valence-corrected chi connectivity index (χ2v) is 7.03. The fourth-order valence-electron chi connectivity index (χ4n) is 1.91. The Kier molecular flexibility index (Phi) is 7.19. The van der Waals surface area contributed by atoms with Crippen LogP contribution < -0.4 is 4.72 Å². The van der Waals surface area contributed by atoms with Gasteiger partial charge in [-0.25, -0.2) is 13.1 Å². The first-order chi connectivity index (χ1) is 9.47. The minimum atomic E-state index is -3.39. The normalized spacial score (nSPS) is 12.0. The molecule has 1 aromatic carbocycles. The predicted molar refractivity (Wildman–Crippen MR) is 81.3 cm³/mol. The van der Waals surface area contributed by atoms with Crippen molar-refractivity contribution < 1.29 is 13.5 Å². The van der Waals surface area contributed by atoms with E-state index in [1.54, 1.807) is 12.1 Å². The van der Waals surface area contributed by atoms with Crippen LogP contribution in [-0.2, 0) is 10.0 Å². The molecule has 2 N–H and O–H groups in total. The minimum Gasteiger partial charge on any atom is -0.396 e. The van der Waals surface area contributed by atoms with E-state index in [1.807, 2.05) is 12.1 Å². The van der Waals surface area contributed by atoms with Crippen LogP contribution in [0.25, 0.3) is 0 Å². The second kappa shape index (κ2) is 8.39. The molecular weight excluding hydrogens is 274 g/mol. The van der Waals surface area contributed by atoms with E-state index in [1.165, 1.54) is 0 Å². The molecule has 0 aliphatic rings. The highest BCUT2D eigenvalue weighted by atomic mass is 32.2. The average Bonchev–Trinajstić information content (AvgIpc) is 2.43. The van der Waals surface area contributed by atoms with Crippen molar-refractivity contribution in [3.8, 4) is 0 Å². The van der Waals surface area contributed by atoms with E-state index in [2.05, 4.69) is 18.6 Å². The fraction of sp³-hybridized carbons (Fsp3) is 0.600. The third kappa shape index (κ3) is 5.61. The summed E-state index contributed by atoms with van der Waals surface area (Å²) < 4.78 is 26.7. The van der Waals surface area contributed by atoms with Gasteiger partial charge in [0.15, 0.2) is 0 Å². The third-order valence-corrected chi connectivity index (χ3v) is 4.71. The number of unbranched alkanes of at least 4 members (excludes halogenated alkanes) is 3. The largest absolute Gasteiger partial charge is 0.396 e. The summed E-state index contributed by atoms with van der Waals surface area (Å²) in [6, 6.07) is 7.04. The SMILES string of the molecule is CC(C)c1ccc(S(=O)(=O)NCCCCCCO)cc1. The summed E-state index contributed by atoms with van der Waals surface area (Å²) in [6.07, 6.45) is 3.43. The number of hydrogen-bond donors (Lipinski definition) is 2. The Morgan fingerprint density at radius 3 is 2.20 bits per heavy atom. The number of rotatable bonds is 9. The Labute approximate surface area is 122 Å². The van der Waals surface area contributed by atoms with Crippen molar-refractivity contribution in [3.63, 3.8) is 0 Å². The van der Waals surface area contributed by atoms with Crippen LogP contribution in [0.3, 0.4) is 0 Å². The number of nitrogens with one attached hydrogen (secondary N) is 1. The number of benzene rings is 1.